The van der Waals surface area contributed by atoms with Gasteiger partial charge in [0.25, 0.3) is 0 Å². The van der Waals surface area contributed by atoms with Gasteiger partial charge in [0.05, 0.1) is 21.8 Å². The van der Waals surface area contributed by atoms with E-state index < -0.39 is 0 Å². The van der Waals surface area contributed by atoms with Crippen molar-refractivity contribution in [3.05, 3.63) is 39.0 Å². The Kier molecular flexibility index (Phi) is 4.84. The molecule has 0 saturated carbocycles. The highest BCUT2D eigenvalue weighted by molar-refractivity contribution is 9.12. The van der Waals surface area contributed by atoms with Crippen LogP contribution < -0.4 is 0 Å². The summed E-state index contributed by atoms with van der Waals surface area (Å²) in [4.78, 5) is 1.03. The van der Waals surface area contributed by atoms with Gasteiger partial charge < -0.3 is 0 Å². The highest BCUT2D eigenvalue weighted by Gasteiger charge is 2.19. The third-order valence-corrected chi connectivity index (χ3v) is 7.40. The predicted octanol–water partition coefficient (Wildman–Crippen LogP) is 7.08. The summed E-state index contributed by atoms with van der Waals surface area (Å²) in [7, 11) is 0. The minimum atomic E-state index is -0.175. The van der Waals surface area contributed by atoms with E-state index in [4.69, 9.17) is 23.2 Å². The van der Waals surface area contributed by atoms with Crippen molar-refractivity contribution in [2.24, 2.45) is 0 Å². The summed E-state index contributed by atoms with van der Waals surface area (Å²) in [5.41, 5.74) is 1.06. The summed E-state index contributed by atoms with van der Waals surface area (Å²) in [5.74, 6) is 0. The van der Waals surface area contributed by atoms with Crippen molar-refractivity contribution in [1.29, 1.82) is 0 Å². The summed E-state index contributed by atoms with van der Waals surface area (Å²) in [6.07, 6.45) is 0. The molecule has 0 saturated heterocycles. The van der Waals surface area contributed by atoms with E-state index in [1.165, 1.54) is 0 Å². The van der Waals surface area contributed by atoms with E-state index in [0.717, 1.165) is 21.8 Å². The summed E-state index contributed by atoms with van der Waals surface area (Å²) in [6, 6.07) is 3.92. The monoisotopic (exact) mass is 482 g/mol. The Morgan fingerprint density at radius 2 is 1.75 bits per heavy atom. The second-order valence-corrected chi connectivity index (χ2v) is 9.91. The number of thiophene rings is 2. The molecule has 0 aromatic carbocycles. The van der Waals surface area contributed by atoms with Gasteiger partial charge in [0.1, 0.15) is 0 Å². The van der Waals surface area contributed by atoms with E-state index in [1.54, 1.807) is 22.7 Å². The van der Waals surface area contributed by atoms with Gasteiger partial charge in [0.2, 0.25) is 0 Å². The lowest BCUT2D eigenvalue weighted by Crippen LogP contribution is -1.87. The van der Waals surface area contributed by atoms with Gasteiger partial charge in [-0.2, -0.15) is 0 Å². The first-order valence-corrected chi connectivity index (χ1v) is 8.85. The quantitative estimate of drug-likeness (QED) is 0.399. The van der Waals surface area contributed by atoms with Gasteiger partial charge in [-0.25, -0.2) is 0 Å². The standard InChI is InChI=1S/C9H3Br3Cl2S2/c10-6-1-3(8(11)16-6)7(14)5-2-4(13)9(12)15-5/h1-2,7H. The maximum absolute atomic E-state index is 6.42. The normalized spacial score (nSPS) is 13.1. The van der Waals surface area contributed by atoms with Gasteiger partial charge in [-0.1, -0.05) is 11.6 Å². The first-order valence-electron chi connectivity index (χ1n) is 4.02. The van der Waals surface area contributed by atoms with Crippen molar-refractivity contribution >= 4 is 93.7 Å². The van der Waals surface area contributed by atoms with Crippen LogP contribution in [0.2, 0.25) is 5.02 Å². The number of rotatable bonds is 2. The van der Waals surface area contributed by atoms with Crippen molar-refractivity contribution in [2.75, 3.05) is 0 Å². The van der Waals surface area contributed by atoms with Crippen molar-refractivity contribution in [3.8, 4) is 0 Å². The molecule has 0 bridgehead atoms. The number of halogens is 5. The molecule has 2 heterocycles. The number of alkyl halides is 1. The van der Waals surface area contributed by atoms with Crippen LogP contribution in [0.3, 0.4) is 0 Å². The van der Waals surface area contributed by atoms with Crippen LogP contribution in [0.1, 0.15) is 15.8 Å². The molecule has 2 aromatic heterocycles. The van der Waals surface area contributed by atoms with Crippen LogP contribution in [0.5, 0.6) is 0 Å². The molecule has 0 amide bonds. The smallest absolute Gasteiger partial charge is 0.0948 e. The first-order chi connectivity index (χ1) is 7.49. The molecule has 0 spiro atoms. The molecular weight excluding hydrogens is 483 g/mol. The average Bonchev–Trinajstić information content (AvgIpc) is 2.70. The van der Waals surface area contributed by atoms with Crippen LogP contribution in [-0.2, 0) is 0 Å². The summed E-state index contributed by atoms with van der Waals surface area (Å²) in [5, 5.41) is 0.529. The molecular formula is C9H3Br3Cl2S2. The number of hydrogen-bond donors (Lipinski definition) is 0. The Hall–Kier alpha value is 1.42. The molecule has 0 N–H and O–H groups in total. The largest absolute Gasteiger partial charge is 0.130 e. The van der Waals surface area contributed by atoms with Crippen LogP contribution in [0.15, 0.2) is 23.5 Å². The third kappa shape index (κ3) is 2.87. The fourth-order valence-electron chi connectivity index (χ4n) is 1.17. The molecule has 0 aliphatic heterocycles. The molecule has 0 aliphatic rings. The lowest BCUT2D eigenvalue weighted by Gasteiger charge is -2.04. The lowest BCUT2D eigenvalue weighted by molar-refractivity contribution is 1.19. The van der Waals surface area contributed by atoms with E-state index >= 15 is 0 Å². The van der Waals surface area contributed by atoms with E-state index in [2.05, 4.69) is 47.8 Å². The van der Waals surface area contributed by atoms with E-state index in [0.29, 0.717) is 5.02 Å². The van der Waals surface area contributed by atoms with Crippen LogP contribution in [0.25, 0.3) is 0 Å². The molecule has 0 aliphatic carbocycles. The van der Waals surface area contributed by atoms with Crippen molar-refractivity contribution in [2.45, 2.75) is 5.38 Å². The topological polar surface area (TPSA) is 0 Å². The molecule has 86 valence electrons. The SMILES string of the molecule is Clc1cc(C(Cl)c2cc(Br)sc2Br)sc1Br. The Morgan fingerprint density at radius 3 is 2.19 bits per heavy atom. The highest BCUT2D eigenvalue weighted by Crippen LogP contribution is 2.45. The number of hydrogen-bond acceptors (Lipinski definition) is 2. The molecule has 16 heavy (non-hydrogen) atoms. The van der Waals surface area contributed by atoms with Gasteiger partial charge in [-0.15, -0.1) is 34.3 Å². The Morgan fingerprint density at radius 1 is 1.06 bits per heavy atom. The zero-order chi connectivity index (χ0) is 11.9. The molecule has 0 nitrogen and oxygen atoms in total. The van der Waals surface area contributed by atoms with Crippen molar-refractivity contribution < 1.29 is 0 Å². The Labute approximate surface area is 136 Å². The van der Waals surface area contributed by atoms with Gasteiger partial charge in [0, 0.05) is 10.4 Å². The van der Waals surface area contributed by atoms with Crippen LogP contribution in [-0.4, -0.2) is 0 Å². The Bertz CT molecular complexity index is 501. The fourth-order valence-corrected chi connectivity index (χ4v) is 6.38. The van der Waals surface area contributed by atoms with Crippen molar-refractivity contribution in [1.82, 2.24) is 0 Å². The van der Waals surface area contributed by atoms with Gasteiger partial charge in [0.15, 0.2) is 0 Å². The molecule has 7 heteroatoms. The summed E-state index contributed by atoms with van der Waals surface area (Å²) >= 11 is 25.9. The molecule has 0 radical (unpaired) electrons. The fraction of sp³-hybridized carbons (Fsp3) is 0.111. The van der Waals surface area contributed by atoms with Gasteiger partial charge >= 0.3 is 0 Å². The zero-order valence-corrected chi connectivity index (χ0v) is 15.3. The van der Waals surface area contributed by atoms with E-state index in [-0.39, 0.29) is 5.38 Å². The second-order valence-electron chi connectivity index (χ2n) is 2.91. The zero-order valence-electron chi connectivity index (χ0n) is 7.44. The summed E-state index contributed by atoms with van der Waals surface area (Å²) < 4.78 is 3.02. The van der Waals surface area contributed by atoms with Crippen molar-refractivity contribution in [3.63, 3.8) is 0 Å². The van der Waals surface area contributed by atoms with Gasteiger partial charge in [-0.3, -0.25) is 0 Å². The van der Waals surface area contributed by atoms with Crippen LogP contribution in [0, 0.1) is 0 Å². The molecule has 2 aromatic rings. The maximum atomic E-state index is 6.42. The van der Waals surface area contributed by atoms with E-state index in [1.807, 2.05) is 12.1 Å². The predicted molar refractivity (Wildman–Crippen MR) is 84.4 cm³/mol. The second kappa shape index (κ2) is 5.59. The molecule has 1 unspecified atom stereocenters. The molecule has 1 atom stereocenters. The maximum Gasteiger partial charge on any atom is 0.0948 e. The van der Waals surface area contributed by atoms with Gasteiger partial charge in [-0.05, 0) is 59.9 Å². The highest BCUT2D eigenvalue weighted by atomic mass is 79.9. The average molecular weight is 486 g/mol. The van der Waals surface area contributed by atoms with Crippen LogP contribution >= 0.6 is 93.7 Å². The first kappa shape index (κ1) is 13.8. The third-order valence-electron chi connectivity index (χ3n) is 1.87. The Balaban J connectivity index is 2.38. The molecule has 2 rings (SSSR count). The lowest BCUT2D eigenvalue weighted by atomic mass is 10.2. The van der Waals surface area contributed by atoms with E-state index in [9.17, 15) is 0 Å². The minimum absolute atomic E-state index is 0.175. The minimum Gasteiger partial charge on any atom is -0.130 e. The van der Waals surface area contributed by atoms with Crippen LogP contribution in [0.4, 0.5) is 0 Å². The summed E-state index contributed by atoms with van der Waals surface area (Å²) in [6.45, 7) is 0. The molecule has 0 fully saturated rings.